The van der Waals surface area contributed by atoms with Crippen molar-refractivity contribution in [3.05, 3.63) is 47.0 Å². The second-order valence-corrected chi connectivity index (χ2v) is 3.40. The fourth-order valence-electron chi connectivity index (χ4n) is 1.56. The van der Waals surface area contributed by atoms with E-state index in [1.807, 2.05) is 30.3 Å². The van der Waals surface area contributed by atoms with Gasteiger partial charge in [0.05, 0.1) is 11.9 Å². The summed E-state index contributed by atoms with van der Waals surface area (Å²) in [5.74, 6) is 0. The minimum absolute atomic E-state index is 0.291. The molecule has 0 spiro atoms. The summed E-state index contributed by atoms with van der Waals surface area (Å²) in [4.78, 5) is 24.6. The number of fused-ring (bicyclic) bond motifs is 1. The zero-order valence-electron chi connectivity index (χ0n) is 8.27. The van der Waals surface area contributed by atoms with Crippen LogP contribution in [0.3, 0.4) is 0 Å². The van der Waals surface area contributed by atoms with E-state index in [-0.39, 0.29) is 5.69 Å². The fraction of sp³-hybridized carbons (Fsp3) is 0. The molecule has 2 heterocycles. The predicted octanol–water partition coefficient (Wildman–Crippen LogP) is 1.31. The van der Waals surface area contributed by atoms with Crippen molar-refractivity contribution in [1.82, 2.24) is 19.9 Å². The summed E-state index contributed by atoms with van der Waals surface area (Å²) in [5.41, 5.74) is 2.37. The molecule has 78 valence electrons. The molecule has 0 saturated carbocycles. The molecule has 3 aromatic rings. The minimum atomic E-state index is -0.291. The van der Waals surface area contributed by atoms with E-state index in [1.165, 1.54) is 0 Å². The van der Waals surface area contributed by atoms with Crippen molar-refractivity contribution in [2.75, 3.05) is 0 Å². The molecule has 0 bridgehead atoms. The molecule has 5 heteroatoms. The molecule has 0 aliphatic heterocycles. The van der Waals surface area contributed by atoms with Gasteiger partial charge in [-0.1, -0.05) is 30.3 Å². The minimum Gasteiger partial charge on any atom is -0.289 e. The lowest BCUT2D eigenvalue weighted by Crippen LogP contribution is -1.99. The summed E-state index contributed by atoms with van der Waals surface area (Å²) in [6.45, 7) is 0. The Balaban J connectivity index is 2.22. The van der Waals surface area contributed by atoms with E-state index < -0.39 is 0 Å². The van der Waals surface area contributed by atoms with Crippen LogP contribution in [0.15, 0.2) is 41.3 Å². The van der Waals surface area contributed by atoms with Gasteiger partial charge in [0.2, 0.25) is 0 Å². The van der Waals surface area contributed by atoms with Crippen molar-refractivity contribution in [3.8, 4) is 11.3 Å². The Morgan fingerprint density at radius 1 is 1.00 bits per heavy atom. The number of nitrogens with zero attached hydrogens (tertiary/aromatic N) is 2. The van der Waals surface area contributed by atoms with Crippen LogP contribution in [0, 0.1) is 0 Å². The number of rotatable bonds is 1. The lowest BCUT2D eigenvalue weighted by Gasteiger charge is -1.98. The Morgan fingerprint density at radius 3 is 2.56 bits per heavy atom. The van der Waals surface area contributed by atoms with E-state index >= 15 is 0 Å². The number of nitrogens with one attached hydrogen (secondary N) is 2. The summed E-state index contributed by atoms with van der Waals surface area (Å²) in [5, 5.41) is 0. The van der Waals surface area contributed by atoms with Crippen molar-refractivity contribution in [1.29, 1.82) is 0 Å². The standard InChI is InChI=1S/C11H8N4O/c16-11-14-9-10(15-11)13-8(6-12-9)7-4-2-1-3-5-7/h1-6H,(H2,12,13,14,15,16). The van der Waals surface area contributed by atoms with E-state index in [9.17, 15) is 4.79 Å². The smallest absolute Gasteiger partial charge is 0.289 e. The number of hydrogen-bond donors (Lipinski definition) is 2. The Morgan fingerprint density at radius 2 is 1.75 bits per heavy atom. The van der Waals surface area contributed by atoms with Gasteiger partial charge in [0, 0.05) is 5.56 Å². The van der Waals surface area contributed by atoms with Crippen LogP contribution in [-0.4, -0.2) is 19.9 Å². The van der Waals surface area contributed by atoms with Gasteiger partial charge in [0.15, 0.2) is 11.3 Å². The zero-order valence-corrected chi connectivity index (χ0v) is 8.27. The number of aromatic nitrogens is 4. The third-order valence-corrected chi connectivity index (χ3v) is 2.31. The summed E-state index contributed by atoms with van der Waals surface area (Å²) in [6.07, 6.45) is 1.64. The Kier molecular flexibility index (Phi) is 1.83. The quantitative estimate of drug-likeness (QED) is 0.638. The van der Waals surface area contributed by atoms with E-state index in [2.05, 4.69) is 19.9 Å². The van der Waals surface area contributed by atoms with E-state index in [4.69, 9.17) is 0 Å². The molecule has 0 aliphatic rings. The van der Waals surface area contributed by atoms with Crippen LogP contribution >= 0.6 is 0 Å². The summed E-state index contributed by atoms with van der Waals surface area (Å²) in [6, 6.07) is 9.69. The predicted molar refractivity (Wildman–Crippen MR) is 59.9 cm³/mol. The second kappa shape index (κ2) is 3.30. The van der Waals surface area contributed by atoms with Crippen LogP contribution in [0.5, 0.6) is 0 Å². The number of imidazole rings is 1. The highest BCUT2D eigenvalue weighted by molar-refractivity contribution is 5.69. The normalized spacial score (nSPS) is 10.8. The molecule has 0 saturated heterocycles. The second-order valence-electron chi connectivity index (χ2n) is 3.40. The molecular weight excluding hydrogens is 204 g/mol. The molecule has 3 rings (SSSR count). The van der Waals surface area contributed by atoms with Gasteiger partial charge < -0.3 is 0 Å². The molecule has 1 aromatic carbocycles. The van der Waals surface area contributed by atoms with Crippen molar-refractivity contribution in [3.63, 3.8) is 0 Å². The Bertz CT molecular complexity index is 684. The zero-order chi connectivity index (χ0) is 11.0. The van der Waals surface area contributed by atoms with Gasteiger partial charge in [-0.3, -0.25) is 9.97 Å². The van der Waals surface area contributed by atoms with E-state index in [0.29, 0.717) is 11.3 Å². The highest BCUT2D eigenvalue weighted by Gasteiger charge is 2.04. The van der Waals surface area contributed by atoms with Crippen LogP contribution in [0.1, 0.15) is 0 Å². The average molecular weight is 212 g/mol. The summed E-state index contributed by atoms with van der Waals surface area (Å²) < 4.78 is 0. The molecule has 2 aromatic heterocycles. The van der Waals surface area contributed by atoms with E-state index in [0.717, 1.165) is 11.3 Å². The fourth-order valence-corrected chi connectivity index (χ4v) is 1.56. The van der Waals surface area contributed by atoms with E-state index in [1.54, 1.807) is 6.20 Å². The highest BCUT2D eigenvalue weighted by atomic mass is 16.1. The van der Waals surface area contributed by atoms with Crippen molar-refractivity contribution < 1.29 is 0 Å². The van der Waals surface area contributed by atoms with Crippen LogP contribution in [0.4, 0.5) is 0 Å². The van der Waals surface area contributed by atoms with Crippen LogP contribution in [0.25, 0.3) is 22.6 Å². The van der Waals surface area contributed by atoms with Gasteiger partial charge >= 0.3 is 5.69 Å². The molecule has 0 amide bonds. The molecule has 5 nitrogen and oxygen atoms in total. The number of hydrogen-bond acceptors (Lipinski definition) is 3. The SMILES string of the molecule is O=c1[nH]c2ncc(-c3ccccc3)nc2[nH]1. The Labute approximate surface area is 90.2 Å². The van der Waals surface area contributed by atoms with Gasteiger partial charge in [-0.2, -0.15) is 0 Å². The van der Waals surface area contributed by atoms with Crippen molar-refractivity contribution in [2.45, 2.75) is 0 Å². The van der Waals surface area contributed by atoms with Gasteiger partial charge in [-0.05, 0) is 0 Å². The van der Waals surface area contributed by atoms with Crippen molar-refractivity contribution in [2.24, 2.45) is 0 Å². The summed E-state index contributed by atoms with van der Waals surface area (Å²) in [7, 11) is 0. The van der Waals surface area contributed by atoms with Crippen LogP contribution in [0.2, 0.25) is 0 Å². The first-order chi connectivity index (χ1) is 7.83. The maximum absolute atomic E-state index is 11.0. The molecule has 0 unspecified atom stereocenters. The van der Waals surface area contributed by atoms with Gasteiger partial charge in [-0.25, -0.2) is 14.8 Å². The first-order valence-corrected chi connectivity index (χ1v) is 4.83. The molecule has 0 fully saturated rings. The van der Waals surface area contributed by atoms with Crippen LogP contribution < -0.4 is 5.69 Å². The first-order valence-electron chi connectivity index (χ1n) is 4.83. The topological polar surface area (TPSA) is 74.4 Å². The van der Waals surface area contributed by atoms with Crippen LogP contribution in [-0.2, 0) is 0 Å². The number of H-pyrrole nitrogens is 2. The lowest BCUT2D eigenvalue weighted by molar-refractivity contribution is 1.20. The molecule has 16 heavy (non-hydrogen) atoms. The molecule has 2 N–H and O–H groups in total. The number of benzene rings is 1. The first kappa shape index (κ1) is 8.84. The van der Waals surface area contributed by atoms with Crippen molar-refractivity contribution >= 4 is 11.3 Å². The van der Waals surface area contributed by atoms with Gasteiger partial charge in [0.1, 0.15) is 0 Å². The van der Waals surface area contributed by atoms with Gasteiger partial charge in [-0.15, -0.1) is 0 Å². The maximum Gasteiger partial charge on any atom is 0.326 e. The Hall–Kier alpha value is -2.43. The lowest BCUT2D eigenvalue weighted by atomic mass is 10.2. The largest absolute Gasteiger partial charge is 0.326 e. The molecule has 0 aliphatic carbocycles. The highest BCUT2D eigenvalue weighted by Crippen LogP contribution is 2.16. The third-order valence-electron chi connectivity index (χ3n) is 2.31. The molecule has 0 atom stereocenters. The monoisotopic (exact) mass is 212 g/mol. The van der Waals surface area contributed by atoms with Gasteiger partial charge in [0.25, 0.3) is 0 Å². The summed E-state index contributed by atoms with van der Waals surface area (Å²) >= 11 is 0. The average Bonchev–Trinajstić information content (AvgIpc) is 2.69. The maximum atomic E-state index is 11.0. The third kappa shape index (κ3) is 1.38. The molecular formula is C11H8N4O. The number of aromatic amines is 2. The molecule has 0 radical (unpaired) electrons.